The first-order valence-electron chi connectivity index (χ1n) is 6.44. The lowest BCUT2D eigenvalue weighted by Crippen LogP contribution is -2.28. The predicted octanol–water partition coefficient (Wildman–Crippen LogP) is 1.40. The summed E-state index contributed by atoms with van der Waals surface area (Å²) >= 11 is 0. The molecule has 100 valence electrons. The minimum Gasteiger partial charge on any atom is -0.381 e. The van der Waals surface area contributed by atoms with E-state index in [1.807, 2.05) is 25.3 Å². The van der Waals surface area contributed by atoms with E-state index >= 15 is 0 Å². The molecule has 19 heavy (non-hydrogen) atoms. The monoisotopic (exact) mass is 260 g/mol. The van der Waals surface area contributed by atoms with Crippen molar-refractivity contribution in [3.05, 3.63) is 24.2 Å². The van der Waals surface area contributed by atoms with Gasteiger partial charge in [-0.3, -0.25) is 4.79 Å². The Balaban J connectivity index is 1.82. The van der Waals surface area contributed by atoms with Crippen LogP contribution in [0.2, 0.25) is 0 Å². The normalized spacial score (nSPS) is 16.7. The Morgan fingerprint density at radius 3 is 3.05 bits per heavy atom. The van der Waals surface area contributed by atoms with Gasteiger partial charge in [0.1, 0.15) is 5.82 Å². The smallest absolute Gasteiger partial charge is 0.227 e. The molecular formula is C13H16N4O2. The molecule has 0 aliphatic carbocycles. The van der Waals surface area contributed by atoms with Gasteiger partial charge in [-0.15, -0.1) is 0 Å². The fourth-order valence-electron chi connectivity index (χ4n) is 2.31. The van der Waals surface area contributed by atoms with Gasteiger partial charge in [0.15, 0.2) is 5.65 Å². The first-order valence-corrected chi connectivity index (χ1v) is 6.44. The van der Waals surface area contributed by atoms with Crippen LogP contribution in [0.5, 0.6) is 0 Å². The molecule has 0 bridgehead atoms. The zero-order chi connectivity index (χ0) is 13.2. The van der Waals surface area contributed by atoms with Gasteiger partial charge >= 0.3 is 0 Å². The number of carbonyl (C=O) groups is 1. The van der Waals surface area contributed by atoms with Gasteiger partial charge in [-0.2, -0.15) is 5.10 Å². The fourth-order valence-corrected chi connectivity index (χ4v) is 2.31. The number of carbonyl (C=O) groups excluding carboxylic acids is 1. The first kappa shape index (κ1) is 12.1. The number of amides is 1. The van der Waals surface area contributed by atoms with Crippen molar-refractivity contribution in [2.45, 2.75) is 19.8 Å². The van der Waals surface area contributed by atoms with E-state index in [2.05, 4.69) is 15.4 Å². The number of aromatic nitrogens is 3. The lowest BCUT2D eigenvalue weighted by Gasteiger charge is -2.21. The van der Waals surface area contributed by atoms with Crippen molar-refractivity contribution in [1.29, 1.82) is 0 Å². The highest BCUT2D eigenvalue weighted by molar-refractivity contribution is 5.95. The number of nitrogens with zero attached hydrogens (tertiary/aromatic N) is 3. The quantitative estimate of drug-likeness (QED) is 0.886. The summed E-state index contributed by atoms with van der Waals surface area (Å²) in [5, 5.41) is 7.18. The van der Waals surface area contributed by atoms with Crippen LogP contribution in [-0.4, -0.2) is 33.7 Å². The summed E-state index contributed by atoms with van der Waals surface area (Å²) in [6.07, 6.45) is 3.38. The molecule has 6 heteroatoms. The van der Waals surface area contributed by atoms with Gasteiger partial charge in [-0.1, -0.05) is 0 Å². The van der Waals surface area contributed by atoms with Crippen molar-refractivity contribution in [1.82, 2.24) is 14.6 Å². The van der Waals surface area contributed by atoms with Crippen molar-refractivity contribution in [3.63, 3.8) is 0 Å². The van der Waals surface area contributed by atoms with Gasteiger partial charge in [0.25, 0.3) is 0 Å². The maximum atomic E-state index is 12.2. The van der Waals surface area contributed by atoms with Crippen molar-refractivity contribution < 1.29 is 9.53 Å². The van der Waals surface area contributed by atoms with Crippen LogP contribution in [0.25, 0.3) is 5.65 Å². The molecule has 0 spiro atoms. The highest BCUT2D eigenvalue weighted by atomic mass is 16.5. The highest BCUT2D eigenvalue weighted by Gasteiger charge is 2.22. The number of pyridine rings is 1. The Morgan fingerprint density at radius 1 is 1.47 bits per heavy atom. The topological polar surface area (TPSA) is 68.5 Å². The largest absolute Gasteiger partial charge is 0.381 e. The number of fused-ring (bicyclic) bond motifs is 1. The zero-order valence-electron chi connectivity index (χ0n) is 10.8. The van der Waals surface area contributed by atoms with E-state index in [4.69, 9.17) is 4.74 Å². The average molecular weight is 260 g/mol. The number of nitrogens with one attached hydrogen (secondary N) is 1. The molecule has 0 saturated carbocycles. The maximum Gasteiger partial charge on any atom is 0.227 e. The summed E-state index contributed by atoms with van der Waals surface area (Å²) in [7, 11) is 0. The molecule has 1 aliphatic heterocycles. The lowest BCUT2D eigenvalue weighted by molar-refractivity contribution is -0.122. The van der Waals surface area contributed by atoms with Crippen molar-refractivity contribution >= 4 is 17.2 Å². The Labute approximate surface area is 110 Å². The lowest BCUT2D eigenvalue weighted by atomic mass is 9.99. The third kappa shape index (κ3) is 2.44. The number of anilines is 1. The molecule has 0 atom stereocenters. The molecule has 3 rings (SSSR count). The Kier molecular flexibility index (Phi) is 3.16. The van der Waals surface area contributed by atoms with Gasteiger partial charge in [0.05, 0.1) is 5.69 Å². The molecule has 3 heterocycles. The third-order valence-electron chi connectivity index (χ3n) is 3.32. The molecule has 1 N–H and O–H groups in total. The van der Waals surface area contributed by atoms with E-state index in [-0.39, 0.29) is 11.8 Å². The molecule has 1 amide bonds. The van der Waals surface area contributed by atoms with Gasteiger partial charge in [0.2, 0.25) is 5.91 Å². The number of hydrogen-bond acceptors (Lipinski definition) is 4. The van der Waals surface area contributed by atoms with E-state index in [1.165, 1.54) is 0 Å². The summed E-state index contributed by atoms with van der Waals surface area (Å²) in [5.74, 6) is 0.753. The number of aryl methyl sites for hydroxylation is 1. The number of hydrogen-bond donors (Lipinski definition) is 1. The Morgan fingerprint density at radius 2 is 2.26 bits per heavy atom. The van der Waals surface area contributed by atoms with E-state index in [9.17, 15) is 4.79 Å². The second-order valence-electron chi connectivity index (χ2n) is 4.72. The highest BCUT2D eigenvalue weighted by Crippen LogP contribution is 2.19. The molecule has 6 nitrogen and oxygen atoms in total. The van der Waals surface area contributed by atoms with Gasteiger partial charge < -0.3 is 10.1 Å². The van der Waals surface area contributed by atoms with Crippen LogP contribution in [0.1, 0.15) is 18.7 Å². The standard InChI is InChI=1S/C13H16N4O2/c1-9-14-12-11(3-2-6-17(12)16-9)15-13(18)10-4-7-19-8-5-10/h2-3,6,10H,4-5,7-8H2,1H3,(H,15,18). The molecule has 1 saturated heterocycles. The summed E-state index contributed by atoms with van der Waals surface area (Å²) < 4.78 is 6.94. The molecule has 1 aliphatic rings. The minimum atomic E-state index is 0.0259. The number of ether oxygens (including phenoxy) is 1. The van der Waals surface area contributed by atoms with Crippen LogP contribution in [0.4, 0.5) is 5.69 Å². The summed E-state index contributed by atoms with van der Waals surface area (Å²) in [4.78, 5) is 16.5. The summed E-state index contributed by atoms with van der Waals surface area (Å²) in [6, 6.07) is 3.70. The van der Waals surface area contributed by atoms with Crippen LogP contribution >= 0.6 is 0 Å². The van der Waals surface area contributed by atoms with Gasteiger partial charge in [-0.05, 0) is 31.9 Å². The molecule has 1 fully saturated rings. The van der Waals surface area contributed by atoms with Crippen LogP contribution < -0.4 is 5.32 Å². The first-order chi connectivity index (χ1) is 9.24. The van der Waals surface area contributed by atoms with E-state index in [0.717, 1.165) is 12.8 Å². The van der Waals surface area contributed by atoms with Crippen LogP contribution in [0.15, 0.2) is 18.3 Å². The molecule has 0 unspecified atom stereocenters. The predicted molar refractivity (Wildman–Crippen MR) is 69.9 cm³/mol. The summed E-state index contributed by atoms with van der Waals surface area (Å²) in [6.45, 7) is 3.15. The second kappa shape index (κ2) is 4.97. The molecular weight excluding hydrogens is 244 g/mol. The average Bonchev–Trinajstić information content (AvgIpc) is 2.81. The molecule has 0 radical (unpaired) electrons. The zero-order valence-corrected chi connectivity index (χ0v) is 10.8. The van der Waals surface area contributed by atoms with Gasteiger partial charge in [-0.25, -0.2) is 9.50 Å². The molecule has 0 aromatic carbocycles. The van der Waals surface area contributed by atoms with E-state index < -0.39 is 0 Å². The van der Waals surface area contributed by atoms with Crippen molar-refractivity contribution in [2.24, 2.45) is 5.92 Å². The molecule has 2 aromatic heterocycles. The summed E-state index contributed by atoms with van der Waals surface area (Å²) in [5.41, 5.74) is 1.39. The molecule has 2 aromatic rings. The SMILES string of the molecule is Cc1nc2c(NC(=O)C3CCOCC3)cccn2n1. The Hall–Kier alpha value is -1.95. The van der Waals surface area contributed by atoms with Crippen LogP contribution in [0, 0.1) is 12.8 Å². The fraction of sp³-hybridized carbons (Fsp3) is 0.462. The Bertz CT molecular complexity index is 602. The maximum absolute atomic E-state index is 12.2. The van der Waals surface area contributed by atoms with Gasteiger partial charge in [0, 0.05) is 25.3 Å². The minimum absolute atomic E-state index is 0.0259. The van der Waals surface area contributed by atoms with Crippen molar-refractivity contribution in [3.8, 4) is 0 Å². The second-order valence-corrected chi connectivity index (χ2v) is 4.72. The van der Waals surface area contributed by atoms with Crippen LogP contribution in [0.3, 0.4) is 0 Å². The van der Waals surface area contributed by atoms with E-state index in [0.29, 0.717) is 30.4 Å². The van der Waals surface area contributed by atoms with E-state index in [1.54, 1.807) is 4.52 Å². The van der Waals surface area contributed by atoms with Crippen LogP contribution in [-0.2, 0) is 9.53 Å². The third-order valence-corrected chi connectivity index (χ3v) is 3.32. The van der Waals surface area contributed by atoms with Crippen molar-refractivity contribution in [2.75, 3.05) is 18.5 Å². The number of rotatable bonds is 2.